The predicted octanol–water partition coefficient (Wildman–Crippen LogP) is 3.58. The highest BCUT2D eigenvalue weighted by Crippen LogP contribution is 2.25. The molecule has 23 heteroatoms. The Morgan fingerprint density at radius 3 is 1.40 bits per heavy atom. The molecule has 85 heavy (non-hydrogen) atoms. The van der Waals surface area contributed by atoms with E-state index in [0.29, 0.717) is 6.42 Å². The molecule has 1 heterocycles. The molecule has 1 rings (SSSR count). The second-order valence-electron chi connectivity index (χ2n) is 25.9. The minimum absolute atomic E-state index is 0.0974. The lowest BCUT2D eigenvalue weighted by Crippen LogP contribution is -2.61. The first-order chi connectivity index (χ1) is 39.3. The molecule has 1 aliphatic rings. The van der Waals surface area contributed by atoms with Crippen LogP contribution in [0.3, 0.4) is 0 Å². The number of carbonyl (C=O) groups excluding carboxylic acids is 11. The van der Waals surface area contributed by atoms with Crippen molar-refractivity contribution in [3.63, 3.8) is 0 Å². The van der Waals surface area contributed by atoms with Crippen molar-refractivity contribution in [2.45, 2.75) is 223 Å². The maximum absolute atomic E-state index is 15.0. The molecule has 1 aliphatic heterocycles. The molecule has 0 bridgehead atoms. The van der Waals surface area contributed by atoms with Gasteiger partial charge in [-0.25, -0.2) is 4.79 Å². The average molecular weight is 1200 g/mol. The van der Waals surface area contributed by atoms with Crippen LogP contribution in [-0.2, 0) is 57.5 Å². The van der Waals surface area contributed by atoms with Crippen LogP contribution in [0.4, 0.5) is 0 Å². The van der Waals surface area contributed by atoms with E-state index in [1.807, 2.05) is 81.4 Å². The lowest BCUT2D eigenvalue weighted by Gasteiger charge is -2.40. The number of cyclic esters (lactones) is 1. The summed E-state index contributed by atoms with van der Waals surface area (Å²) in [6, 6.07) is -11.7. The number of esters is 1. The molecule has 1 saturated heterocycles. The molecule has 0 aromatic heterocycles. The van der Waals surface area contributed by atoms with E-state index < -0.39 is 156 Å². The predicted molar refractivity (Wildman–Crippen MR) is 329 cm³/mol. The van der Waals surface area contributed by atoms with Crippen molar-refractivity contribution in [3.05, 3.63) is 12.2 Å². The fraction of sp³-hybridized carbons (Fsp3) is 0.790. The van der Waals surface area contributed by atoms with Crippen LogP contribution in [0.5, 0.6) is 0 Å². The number of carbonyl (C=O) groups is 11. The van der Waals surface area contributed by atoms with E-state index in [1.54, 1.807) is 34.6 Å². The highest BCUT2D eigenvalue weighted by atomic mass is 16.5. The van der Waals surface area contributed by atoms with Crippen molar-refractivity contribution in [3.8, 4) is 0 Å². The van der Waals surface area contributed by atoms with Gasteiger partial charge in [0.15, 0.2) is 0 Å². The lowest BCUT2D eigenvalue weighted by atomic mass is 9.92. The van der Waals surface area contributed by atoms with Gasteiger partial charge in [-0.05, 0) is 108 Å². The normalized spacial score (nSPS) is 27.4. The number of hydrogen-bond acceptors (Lipinski definition) is 13. The summed E-state index contributed by atoms with van der Waals surface area (Å²) in [4.78, 5) is 167. The van der Waals surface area contributed by atoms with Gasteiger partial charge in [0.1, 0.15) is 66.5 Å². The Morgan fingerprint density at radius 1 is 0.518 bits per heavy atom. The topological polar surface area (TPSA) is 277 Å². The van der Waals surface area contributed by atoms with E-state index in [-0.39, 0.29) is 55.8 Å². The van der Waals surface area contributed by atoms with Crippen molar-refractivity contribution in [2.75, 3.05) is 55.9 Å². The Morgan fingerprint density at radius 2 is 0.953 bits per heavy atom. The van der Waals surface area contributed by atoms with Crippen LogP contribution in [-0.4, -0.2) is 217 Å². The zero-order valence-corrected chi connectivity index (χ0v) is 56.1. The molecule has 10 amide bonds. The lowest BCUT2D eigenvalue weighted by molar-refractivity contribution is -0.167. The summed E-state index contributed by atoms with van der Waals surface area (Å²) < 4.78 is 6.35. The third kappa shape index (κ3) is 22.3. The number of ether oxygens (including phenoxy) is 1. The van der Waals surface area contributed by atoms with Gasteiger partial charge < -0.3 is 60.7 Å². The Bertz CT molecular complexity index is 2310. The number of hydrogen-bond donors (Lipinski definition) is 5. The van der Waals surface area contributed by atoms with Gasteiger partial charge in [0.05, 0.1) is 6.54 Å². The van der Waals surface area contributed by atoms with Crippen LogP contribution >= 0.6 is 0 Å². The quantitative estimate of drug-likeness (QED) is 0.116. The van der Waals surface area contributed by atoms with E-state index in [2.05, 4.69) is 26.6 Å². The molecule has 0 aromatic rings. The number of nitrogens with one attached hydrogen (secondary N) is 5. The summed E-state index contributed by atoms with van der Waals surface area (Å²) in [7, 11) is 10.2. The molecule has 0 saturated carbocycles. The highest BCUT2D eigenvalue weighted by molar-refractivity contribution is 5.98. The summed E-state index contributed by atoms with van der Waals surface area (Å²) in [5.74, 6) is -9.18. The Kier molecular flexibility index (Phi) is 32.1. The van der Waals surface area contributed by atoms with E-state index in [4.69, 9.17) is 4.74 Å². The maximum Gasteiger partial charge on any atom is 0.329 e. The first-order valence-electron chi connectivity index (χ1n) is 30.6. The van der Waals surface area contributed by atoms with Crippen LogP contribution in [0.2, 0.25) is 0 Å². The Balaban J connectivity index is 4.25. The first-order valence-corrected chi connectivity index (χ1v) is 30.6. The van der Waals surface area contributed by atoms with Crippen molar-refractivity contribution in [1.82, 2.24) is 56.0 Å². The number of likely N-dealkylation sites (N-methyl/N-ethyl adjacent to an activating group) is 7. The van der Waals surface area contributed by atoms with E-state index in [9.17, 15) is 47.9 Å². The van der Waals surface area contributed by atoms with Crippen molar-refractivity contribution in [1.29, 1.82) is 0 Å². The van der Waals surface area contributed by atoms with Crippen molar-refractivity contribution >= 4 is 65.0 Å². The largest absolute Gasteiger partial charge is 0.458 e. The number of amides is 10. The van der Waals surface area contributed by atoms with Crippen LogP contribution in [0.1, 0.15) is 156 Å². The first kappa shape index (κ1) is 76.9. The Hall–Kier alpha value is -6.13. The molecule has 486 valence electrons. The minimum Gasteiger partial charge on any atom is -0.458 e. The van der Waals surface area contributed by atoms with Gasteiger partial charge in [-0.2, -0.15) is 0 Å². The van der Waals surface area contributed by atoms with Gasteiger partial charge in [-0.1, -0.05) is 109 Å². The van der Waals surface area contributed by atoms with Crippen LogP contribution in [0.25, 0.3) is 0 Å². The molecule has 4 unspecified atom stereocenters. The molecule has 1 fully saturated rings. The highest BCUT2D eigenvalue weighted by Gasteiger charge is 2.44. The molecule has 5 N–H and O–H groups in total. The SMILES string of the molecule is CC=CC[C@@H](C)C1OC(=O)[C@H](C(C)C)N(C)C(=O)C(CC(C)C)N(C)C(=O)[C@H](CC(C)C)N(C)C(=O)[C@@H](C)NC(=O)[C@H](C)NC(=O)[C@H](CC(C)C)N(C)C(=O)C(C(C)C)NC(=O)[C@H](CC(C)C)N(C)C(=O)CN(C)C(=O)C(CC)NC(=O)[C@H]1NC. The monoisotopic (exact) mass is 1200 g/mol. The zero-order valence-electron chi connectivity index (χ0n) is 56.1. The van der Waals surface area contributed by atoms with Crippen LogP contribution in [0.15, 0.2) is 12.2 Å². The van der Waals surface area contributed by atoms with Crippen LogP contribution < -0.4 is 26.6 Å². The summed E-state index contributed by atoms with van der Waals surface area (Å²) in [6.07, 6.45) is 3.69. The molecule has 0 aromatic carbocycles. The van der Waals surface area contributed by atoms with Crippen LogP contribution in [0, 0.1) is 41.4 Å². The molecule has 12 atom stereocenters. The standard InChI is InChI=1S/C62H111N11O12/c1-25-27-28-40(15)52-50(63-18)56(78)66-43(26-2)58(80)68(19)33-48(74)69(20)44(29-34(3)4)55(77)67-49(38(11)12)61(83)70(21)45(30-35(5)6)54(76)64-41(16)53(75)65-42(17)57(79)71(22)46(31-36(7)8)59(81)72(23)47(32-37(9)10)60(82)73(24)51(39(13)14)62(84)85-52/h25,27,34-47,49-52,63H,26,28-33H2,1-24H3,(H,64,76)(H,65,75)(H,66,78)(H,67,77)/t40-,41+,42-,43?,44+,45+,46+,47?,49?,50+,51+,52?/m1/s1. The van der Waals surface area contributed by atoms with Crippen molar-refractivity contribution < 1.29 is 57.5 Å². The molecule has 0 aliphatic carbocycles. The van der Waals surface area contributed by atoms with Gasteiger partial charge in [0, 0.05) is 42.3 Å². The molecule has 23 nitrogen and oxygen atoms in total. The van der Waals surface area contributed by atoms with Crippen molar-refractivity contribution in [2.24, 2.45) is 41.4 Å². The van der Waals surface area contributed by atoms with E-state index >= 15 is 4.79 Å². The maximum atomic E-state index is 15.0. The second kappa shape index (κ2) is 35.5. The minimum atomic E-state index is -1.23. The summed E-state index contributed by atoms with van der Waals surface area (Å²) in [5, 5.41) is 14.1. The number of allylic oxidation sites excluding steroid dienone is 2. The van der Waals surface area contributed by atoms with Gasteiger partial charge in [-0.3, -0.25) is 47.9 Å². The summed E-state index contributed by atoms with van der Waals surface area (Å²) in [5.41, 5.74) is 0. The molecular formula is C62H111N11O12. The van der Waals surface area contributed by atoms with Gasteiger partial charge in [-0.15, -0.1) is 0 Å². The second-order valence-corrected chi connectivity index (χ2v) is 25.9. The Labute approximate surface area is 509 Å². The van der Waals surface area contributed by atoms with Gasteiger partial charge >= 0.3 is 5.97 Å². The van der Waals surface area contributed by atoms with Gasteiger partial charge in [0.2, 0.25) is 59.1 Å². The molecule has 0 radical (unpaired) electrons. The zero-order chi connectivity index (χ0) is 65.8. The third-order valence-electron chi connectivity index (χ3n) is 15.9. The van der Waals surface area contributed by atoms with Gasteiger partial charge in [0.25, 0.3) is 0 Å². The fourth-order valence-electron chi connectivity index (χ4n) is 10.6. The smallest absolute Gasteiger partial charge is 0.329 e. The number of rotatable bonds is 15. The third-order valence-corrected chi connectivity index (χ3v) is 15.9. The van der Waals surface area contributed by atoms with E-state index in [0.717, 1.165) is 4.90 Å². The number of nitrogens with zero attached hydrogens (tertiary/aromatic N) is 6. The van der Waals surface area contributed by atoms with E-state index in [1.165, 1.54) is 87.7 Å². The average Bonchev–Trinajstić information content (AvgIpc) is 3.63. The summed E-state index contributed by atoms with van der Waals surface area (Å²) >= 11 is 0. The summed E-state index contributed by atoms with van der Waals surface area (Å²) in [6.45, 7) is 29.7. The fourth-order valence-corrected chi connectivity index (χ4v) is 10.6. The molecular weight excluding hydrogens is 1090 g/mol. The molecule has 0 spiro atoms.